The Kier molecular flexibility index (Phi) is 4.62. The van der Waals surface area contributed by atoms with Gasteiger partial charge in [-0.25, -0.2) is 0 Å². The van der Waals surface area contributed by atoms with Crippen molar-refractivity contribution >= 4 is 33.4 Å². The van der Waals surface area contributed by atoms with Gasteiger partial charge in [-0.05, 0) is 46.7 Å². The second-order valence-corrected chi connectivity index (χ2v) is 6.66. The van der Waals surface area contributed by atoms with Crippen LogP contribution in [0.2, 0.25) is 0 Å². The molecular weight excluding hydrogens is 298 g/mol. The van der Waals surface area contributed by atoms with Crippen LogP contribution in [-0.2, 0) is 0 Å². The van der Waals surface area contributed by atoms with E-state index in [0.717, 1.165) is 15.9 Å². The van der Waals surface area contributed by atoms with Crippen molar-refractivity contribution < 1.29 is 4.74 Å². The average molecular weight is 316 g/mol. The molecule has 1 aliphatic rings. The van der Waals surface area contributed by atoms with Crippen LogP contribution in [0.3, 0.4) is 0 Å². The van der Waals surface area contributed by atoms with E-state index in [1.807, 2.05) is 6.07 Å². The molecule has 0 amide bonds. The molecule has 2 unspecified atom stereocenters. The first-order valence-corrected chi connectivity index (χ1v) is 7.76. The number of halogens is 1. The van der Waals surface area contributed by atoms with E-state index in [-0.39, 0.29) is 0 Å². The highest BCUT2D eigenvalue weighted by molar-refractivity contribution is 9.10. The highest BCUT2D eigenvalue weighted by atomic mass is 79.9. The van der Waals surface area contributed by atoms with Gasteiger partial charge in [-0.3, -0.25) is 0 Å². The summed E-state index contributed by atoms with van der Waals surface area (Å²) in [6.07, 6.45) is 2.56. The van der Waals surface area contributed by atoms with Crippen molar-refractivity contribution in [1.29, 1.82) is 0 Å². The number of ether oxygens (including phenoxy) is 1. The third-order valence-electron chi connectivity index (χ3n) is 3.11. The summed E-state index contributed by atoms with van der Waals surface area (Å²) in [7, 11) is 1.70. The predicted octanol–water partition coefficient (Wildman–Crippen LogP) is 4.15. The summed E-state index contributed by atoms with van der Waals surface area (Å²) < 4.78 is 6.31. The molecule has 0 aliphatic carbocycles. The van der Waals surface area contributed by atoms with Crippen molar-refractivity contribution in [3.8, 4) is 5.75 Å². The molecule has 0 spiro atoms. The fourth-order valence-corrected chi connectivity index (χ4v) is 3.63. The maximum absolute atomic E-state index is 5.31. The lowest BCUT2D eigenvalue weighted by atomic mass is 10.1. The smallest absolute Gasteiger partial charge is 0.135 e. The fourth-order valence-electron chi connectivity index (χ4n) is 2.08. The zero-order valence-electron chi connectivity index (χ0n) is 10.2. The van der Waals surface area contributed by atoms with Crippen LogP contribution in [0.5, 0.6) is 5.75 Å². The standard InChI is InChI=1S/C13H18BrNOS/c1-9-12(4-3-7-17-9)15-10-5-6-11(14)13(8-10)16-2/h5-6,8-9,12,15H,3-4,7H2,1-2H3. The van der Waals surface area contributed by atoms with Gasteiger partial charge in [0.05, 0.1) is 11.6 Å². The van der Waals surface area contributed by atoms with Crippen LogP contribution >= 0.6 is 27.7 Å². The minimum Gasteiger partial charge on any atom is -0.495 e. The van der Waals surface area contributed by atoms with Crippen LogP contribution in [0.4, 0.5) is 5.69 Å². The number of thioether (sulfide) groups is 1. The molecule has 0 radical (unpaired) electrons. The molecule has 1 saturated heterocycles. The monoisotopic (exact) mass is 315 g/mol. The van der Waals surface area contributed by atoms with Crippen LogP contribution in [0.25, 0.3) is 0 Å². The van der Waals surface area contributed by atoms with E-state index in [0.29, 0.717) is 11.3 Å². The summed E-state index contributed by atoms with van der Waals surface area (Å²) in [6, 6.07) is 6.75. The lowest BCUT2D eigenvalue weighted by Crippen LogP contribution is -2.32. The molecular formula is C13H18BrNOS. The number of hydrogen-bond acceptors (Lipinski definition) is 3. The Hall–Kier alpha value is -0.350. The average Bonchev–Trinajstić information content (AvgIpc) is 2.34. The first-order chi connectivity index (χ1) is 8.20. The Morgan fingerprint density at radius 2 is 2.29 bits per heavy atom. The van der Waals surface area contributed by atoms with Crippen molar-refractivity contribution in [1.82, 2.24) is 0 Å². The molecule has 1 N–H and O–H groups in total. The number of anilines is 1. The van der Waals surface area contributed by atoms with Crippen LogP contribution in [-0.4, -0.2) is 24.2 Å². The van der Waals surface area contributed by atoms with Crippen LogP contribution in [0.15, 0.2) is 22.7 Å². The van der Waals surface area contributed by atoms with Gasteiger partial charge in [0.25, 0.3) is 0 Å². The predicted molar refractivity (Wildman–Crippen MR) is 79.3 cm³/mol. The summed E-state index contributed by atoms with van der Waals surface area (Å²) in [5, 5.41) is 4.29. The SMILES string of the molecule is COc1cc(NC2CCCSC2C)ccc1Br. The van der Waals surface area contributed by atoms with Crippen molar-refractivity contribution in [2.24, 2.45) is 0 Å². The normalized spacial score (nSPS) is 24.4. The van der Waals surface area contributed by atoms with Gasteiger partial charge in [0.15, 0.2) is 0 Å². The molecule has 0 bridgehead atoms. The molecule has 1 heterocycles. The van der Waals surface area contributed by atoms with Crippen molar-refractivity contribution in [2.45, 2.75) is 31.1 Å². The highest BCUT2D eigenvalue weighted by Crippen LogP contribution is 2.31. The molecule has 94 valence electrons. The minimum atomic E-state index is 0.569. The van der Waals surface area contributed by atoms with E-state index in [1.54, 1.807) is 7.11 Å². The lowest BCUT2D eigenvalue weighted by molar-refractivity contribution is 0.412. The largest absolute Gasteiger partial charge is 0.495 e. The Bertz CT molecular complexity index is 386. The molecule has 2 rings (SSSR count). The maximum Gasteiger partial charge on any atom is 0.135 e. The Morgan fingerprint density at radius 1 is 1.47 bits per heavy atom. The first kappa shape index (κ1) is 13.1. The molecule has 0 saturated carbocycles. The summed E-state index contributed by atoms with van der Waals surface area (Å²) in [5.74, 6) is 2.18. The minimum absolute atomic E-state index is 0.569. The number of methoxy groups -OCH3 is 1. The van der Waals surface area contributed by atoms with E-state index in [4.69, 9.17) is 4.74 Å². The van der Waals surface area contributed by atoms with Crippen LogP contribution < -0.4 is 10.1 Å². The molecule has 1 aromatic rings. The second-order valence-electron chi connectivity index (χ2n) is 4.32. The Morgan fingerprint density at radius 3 is 3.00 bits per heavy atom. The topological polar surface area (TPSA) is 21.3 Å². The summed E-state index contributed by atoms with van der Waals surface area (Å²) >= 11 is 5.53. The van der Waals surface area contributed by atoms with E-state index in [9.17, 15) is 0 Å². The van der Waals surface area contributed by atoms with Gasteiger partial charge in [0, 0.05) is 23.0 Å². The number of nitrogens with one attached hydrogen (secondary N) is 1. The van der Waals surface area contributed by atoms with Gasteiger partial charge in [0.2, 0.25) is 0 Å². The third kappa shape index (κ3) is 3.32. The zero-order valence-corrected chi connectivity index (χ0v) is 12.6. The summed E-state index contributed by atoms with van der Waals surface area (Å²) in [4.78, 5) is 0. The fraction of sp³-hybridized carbons (Fsp3) is 0.538. The lowest BCUT2D eigenvalue weighted by Gasteiger charge is -2.30. The van der Waals surface area contributed by atoms with Gasteiger partial charge in [-0.15, -0.1) is 0 Å². The molecule has 4 heteroatoms. The molecule has 17 heavy (non-hydrogen) atoms. The van der Waals surface area contributed by atoms with Gasteiger partial charge < -0.3 is 10.1 Å². The Balaban J connectivity index is 2.07. The van der Waals surface area contributed by atoms with Gasteiger partial charge in [0.1, 0.15) is 5.75 Å². The van der Waals surface area contributed by atoms with E-state index in [1.165, 1.54) is 18.6 Å². The highest BCUT2D eigenvalue weighted by Gasteiger charge is 2.21. The molecule has 1 aliphatic heterocycles. The molecule has 0 aromatic heterocycles. The molecule has 2 nitrogen and oxygen atoms in total. The zero-order chi connectivity index (χ0) is 12.3. The van der Waals surface area contributed by atoms with E-state index in [2.05, 4.69) is 52.1 Å². The van der Waals surface area contributed by atoms with Crippen LogP contribution in [0, 0.1) is 0 Å². The molecule has 1 fully saturated rings. The van der Waals surface area contributed by atoms with Crippen LogP contribution in [0.1, 0.15) is 19.8 Å². The number of benzene rings is 1. The maximum atomic E-state index is 5.31. The number of rotatable bonds is 3. The van der Waals surface area contributed by atoms with Crippen molar-refractivity contribution in [3.63, 3.8) is 0 Å². The second kappa shape index (κ2) is 6.01. The first-order valence-electron chi connectivity index (χ1n) is 5.92. The molecule has 2 atom stereocenters. The quantitative estimate of drug-likeness (QED) is 0.905. The number of hydrogen-bond donors (Lipinski definition) is 1. The van der Waals surface area contributed by atoms with Crippen molar-refractivity contribution in [3.05, 3.63) is 22.7 Å². The molecule has 1 aromatic carbocycles. The van der Waals surface area contributed by atoms with E-state index >= 15 is 0 Å². The summed E-state index contributed by atoms with van der Waals surface area (Å²) in [6.45, 7) is 2.30. The van der Waals surface area contributed by atoms with Gasteiger partial charge in [-0.2, -0.15) is 11.8 Å². The van der Waals surface area contributed by atoms with Gasteiger partial charge in [-0.1, -0.05) is 6.92 Å². The summed E-state index contributed by atoms with van der Waals surface area (Å²) in [5.41, 5.74) is 1.14. The van der Waals surface area contributed by atoms with E-state index < -0.39 is 0 Å². The van der Waals surface area contributed by atoms with Gasteiger partial charge >= 0.3 is 0 Å². The van der Waals surface area contributed by atoms with Crippen molar-refractivity contribution in [2.75, 3.05) is 18.2 Å². The third-order valence-corrected chi connectivity index (χ3v) is 5.14. The Labute approximate surface area is 116 Å².